The predicted molar refractivity (Wildman–Crippen MR) is 74.9 cm³/mol. The van der Waals surface area contributed by atoms with E-state index in [1.807, 2.05) is 18.3 Å². The number of aromatic nitrogens is 1. The Balaban J connectivity index is 1.74. The molecule has 1 aliphatic carbocycles. The highest BCUT2D eigenvalue weighted by Crippen LogP contribution is 2.28. The Labute approximate surface area is 110 Å². The number of hydrazine groups is 1. The highest BCUT2D eigenvalue weighted by Gasteiger charge is 2.18. The maximum Gasteiger partial charge on any atom is 0.0404 e. The summed E-state index contributed by atoms with van der Waals surface area (Å²) in [6, 6.07) is 6.54. The van der Waals surface area contributed by atoms with Crippen molar-refractivity contribution >= 4 is 0 Å². The van der Waals surface area contributed by atoms with Crippen LogP contribution in [0.4, 0.5) is 0 Å². The van der Waals surface area contributed by atoms with Gasteiger partial charge < -0.3 is 0 Å². The van der Waals surface area contributed by atoms with Crippen molar-refractivity contribution in [1.29, 1.82) is 0 Å². The molecule has 3 nitrogen and oxygen atoms in total. The van der Waals surface area contributed by atoms with E-state index in [0.717, 1.165) is 18.8 Å². The Morgan fingerprint density at radius 2 is 2.11 bits per heavy atom. The van der Waals surface area contributed by atoms with Crippen LogP contribution in [0.25, 0.3) is 0 Å². The molecule has 3 heteroatoms. The first-order chi connectivity index (χ1) is 8.88. The summed E-state index contributed by atoms with van der Waals surface area (Å²) >= 11 is 0. The van der Waals surface area contributed by atoms with Crippen LogP contribution >= 0.6 is 0 Å². The number of aryl methyl sites for hydroxylation is 1. The van der Waals surface area contributed by atoms with E-state index in [1.54, 1.807) is 0 Å². The molecular weight excluding hydrogens is 222 g/mol. The summed E-state index contributed by atoms with van der Waals surface area (Å²) in [5.41, 5.74) is 4.16. The summed E-state index contributed by atoms with van der Waals surface area (Å²) in [7, 11) is 0. The molecule has 0 radical (unpaired) electrons. The largest absolute Gasteiger partial charge is 0.271 e. The highest BCUT2D eigenvalue weighted by atomic mass is 15.2. The lowest BCUT2D eigenvalue weighted by Gasteiger charge is -2.26. The third-order valence-corrected chi connectivity index (χ3v) is 4.05. The molecule has 1 unspecified atom stereocenters. The van der Waals surface area contributed by atoms with Gasteiger partial charge in [0.25, 0.3) is 0 Å². The molecule has 18 heavy (non-hydrogen) atoms. The summed E-state index contributed by atoms with van der Waals surface area (Å²) in [6.45, 7) is 0. The van der Waals surface area contributed by atoms with Gasteiger partial charge in [0.15, 0.2) is 0 Å². The van der Waals surface area contributed by atoms with Crippen LogP contribution in [0.15, 0.2) is 24.4 Å². The van der Waals surface area contributed by atoms with Crippen molar-refractivity contribution in [3.05, 3.63) is 30.1 Å². The maximum atomic E-state index is 5.68. The second kappa shape index (κ2) is 7.49. The van der Waals surface area contributed by atoms with Crippen molar-refractivity contribution in [2.45, 2.75) is 57.4 Å². The zero-order valence-corrected chi connectivity index (χ0v) is 11.1. The van der Waals surface area contributed by atoms with Crippen LogP contribution in [0.1, 0.15) is 50.6 Å². The molecule has 0 aromatic carbocycles. The van der Waals surface area contributed by atoms with Crippen molar-refractivity contribution in [3.8, 4) is 0 Å². The van der Waals surface area contributed by atoms with Crippen LogP contribution in [-0.2, 0) is 6.42 Å². The van der Waals surface area contributed by atoms with Crippen molar-refractivity contribution in [3.63, 3.8) is 0 Å². The van der Waals surface area contributed by atoms with Crippen LogP contribution in [0.2, 0.25) is 0 Å². The number of hydrogen-bond donors (Lipinski definition) is 2. The first-order valence-corrected chi connectivity index (χ1v) is 7.24. The molecule has 1 atom stereocenters. The van der Waals surface area contributed by atoms with Gasteiger partial charge in [-0.25, -0.2) is 0 Å². The Hall–Kier alpha value is -0.930. The first-order valence-electron chi connectivity index (χ1n) is 7.24. The third kappa shape index (κ3) is 4.39. The van der Waals surface area contributed by atoms with E-state index in [-0.39, 0.29) is 0 Å². The second-order valence-electron chi connectivity index (χ2n) is 5.46. The molecule has 0 bridgehead atoms. The molecular formula is C15H25N3. The lowest BCUT2D eigenvalue weighted by Crippen LogP contribution is -2.37. The van der Waals surface area contributed by atoms with Gasteiger partial charge in [0, 0.05) is 17.9 Å². The van der Waals surface area contributed by atoms with Crippen LogP contribution in [0.5, 0.6) is 0 Å². The fraction of sp³-hybridized carbons (Fsp3) is 0.667. The van der Waals surface area contributed by atoms with Gasteiger partial charge in [-0.2, -0.15) is 0 Å². The van der Waals surface area contributed by atoms with E-state index in [0.29, 0.717) is 6.04 Å². The molecule has 1 saturated carbocycles. The number of rotatable bonds is 6. The monoisotopic (exact) mass is 247 g/mol. The molecule has 0 saturated heterocycles. The highest BCUT2D eigenvalue weighted by molar-refractivity contribution is 5.03. The normalized spacial score (nSPS) is 18.7. The third-order valence-electron chi connectivity index (χ3n) is 4.05. The Morgan fingerprint density at radius 3 is 2.78 bits per heavy atom. The molecule has 1 fully saturated rings. The predicted octanol–water partition coefficient (Wildman–Crippen LogP) is 2.82. The lowest BCUT2D eigenvalue weighted by atomic mass is 9.84. The molecule has 0 amide bonds. The lowest BCUT2D eigenvalue weighted by molar-refractivity contribution is 0.292. The van der Waals surface area contributed by atoms with Gasteiger partial charge >= 0.3 is 0 Å². The standard InChI is InChI=1S/C15H25N3/c16-18-15(12-13-6-2-1-3-7-13)10-9-14-8-4-5-11-17-14/h4-5,8,11,13,15,18H,1-3,6-7,9-10,12,16H2. The Kier molecular flexibility index (Phi) is 5.62. The smallest absolute Gasteiger partial charge is 0.0404 e. The number of pyridine rings is 1. The van der Waals surface area contributed by atoms with E-state index >= 15 is 0 Å². The van der Waals surface area contributed by atoms with E-state index in [2.05, 4.69) is 16.5 Å². The minimum absolute atomic E-state index is 0.440. The fourth-order valence-corrected chi connectivity index (χ4v) is 2.96. The fourth-order valence-electron chi connectivity index (χ4n) is 2.96. The van der Waals surface area contributed by atoms with Crippen molar-refractivity contribution in [2.24, 2.45) is 11.8 Å². The minimum atomic E-state index is 0.440. The summed E-state index contributed by atoms with van der Waals surface area (Å²) in [5.74, 6) is 6.56. The number of nitrogens with two attached hydrogens (primary N) is 1. The zero-order valence-electron chi connectivity index (χ0n) is 11.1. The molecule has 100 valence electrons. The Bertz CT molecular complexity index is 320. The molecule has 2 rings (SSSR count). The Morgan fingerprint density at radius 1 is 1.28 bits per heavy atom. The van der Waals surface area contributed by atoms with Crippen LogP contribution < -0.4 is 11.3 Å². The van der Waals surface area contributed by atoms with Gasteiger partial charge in [-0.15, -0.1) is 0 Å². The van der Waals surface area contributed by atoms with Gasteiger partial charge in [-0.3, -0.25) is 16.3 Å². The van der Waals surface area contributed by atoms with Gasteiger partial charge in [-0.05, 0) is 37.3 Å². The molecule has 1 aliphatic rings. The van der Waals surface area contributed by atoms with Crippen LogP contribution in [0, 0.1) is 5.92 Å². The SMILES string of the molecule is NNC(CCc1ccccn1)CC1CCCCC1. The molecule has 1 aromatic rings. The van der Waals surface area contributed by atoms with Gasteiger partial charge in [0.1, 0.15) is 0 Å². The van der Waals surface area contributed by atoms with Gasteiger partial charge in [0.2, 0.25) is 0 Å². The number of hydrogen-bond acceptors (Lipinski definition) is 3. The van der Waals surface area contributed by atoms with E-state index < -0.39 is 0 Å². The van der Waals surface area contributed by atoms with Crippen LogP contribution in [0.3, 0.4) is 0 Å². The van der Waals surface area contributed by atoms with E-state index in [4.69, 9.17) is 5.84 Å². The quantitative estimate of drug-likeness (QED) is 0.600. The molecule has 0 aliphatic heterocycles. The molecule has 0 spiro atoms. The summed E-state index contributed by atoms with van der Waals surface area (Å²) in [6.07, 6.45) is 12.2. The minimum Gasteiger partial charge on any atom is -0.271 e. The first kappa shape index (κ1) is 13.5. The average Bonchev–Trinajstić information content (AvgIpc) is 2.45. The summed E-state index contributed by atoms with van der Waals surface area (Å²) in [4.78, 5) is 4.36. The van der Waals surface area contributed by atoms with Crippen LogP contribution in [-0.4, -0.2) is 11.0 Å². The average molecular weight is 247 g/mol. The topological polar surface area (TPSA) is 50.9 Å². The summed E-state index contributed by atoms with van der Waals surface area (Å²) in [5, 5.41) is 0. The maximum absolute atomic E-state index is 5.68. The number of nitrogens with one attached hydrogen (secondary N) is 1. The van der Waals surface area contributed by atoms with Crippen molar-refractivity contribution in [2.75, 3.05) is 0 Å². The van der Waals surface area contributed by atoms with E-state index in [9.17, 15) is 0 Å². The summed E-state index contributed by atoms with van der Waals surface area (Å²) < 4.78 is 0. The van der Waals surface area contributed by atoms with Crippen molar-refractivity contribution in [1.82, 2.24) is 10.4 Å². The molecule has 1 aromatic heterocycles. The second-order valence-corrected chi connectivity index (χ2v) is 5.46. The molecule has 3 N–H and O–H groups in total. The zero-order chi connectivity index (χ0) is 12.6. The van der Waals surface area contributed by atoms with Crippen molar-refractivity contribution < 1.29 is 0 Å². The van der Waals surface area contributed by atoms with Gasteiger partial charge in [-0.1, -0.05) is 38.2 Å². The molecule has 1 heterocycles. The van der Waals surface area contributed by atoms with E-state index in [1.165, 1.54) is 44.2 Å². The number of nitrogens with zero attached hydrogens (tertiary/aromatic N) is 1. The van der Waals surface area contributed by atoms with Gasteiger partial charge in [0.05, 0.1) is 0 Å².